The monoisotopic (exact) mass is 360 g/mol. The average Bonchev–Trinajstić information content (AvgIpc) is 2.70. The zero-order chi connectivity index (χ0) is 15.0. The predicted molar refractivity (Wildman–Crippen MR) is 85.8 cm³/mol. The van der Waals surface area contributed by atoms with Crippen molar-refractivity contribution in [3.05, 3.63) is 28.2 Å². The van der Waals surface area contributed by atoms with E-state index in [0.717, 1.165) is 23.3 Å². The highest BCUT2D eigenvalue weighted by Gasteiger charge is 2.23. The Hall–Kier alpha value is -0.610. The molecule has 20 heavy (non-hydrogen) atoms. The molecule has 1 aromatic heterocycles. The number of imidazole rings is 1. The van der Waals surface area contributed by atoms with E-state index in [9.17, 15) is 4.39 Å². The van der Waals surface area contributed by atoms with Crippen molar-refractivity contribution in [1.29, 1.82) is 0 Å². The van der Waals surface area contributed by atoms with E-state index < -0.39 is 0 Å². The van der Waals surface area contributed by atoms with Gasteiger partial charge in [0.25, 0.3) is 0 Å². The van der Waals surface area contributed by atoms with E-state index in [4.69, 9.17) is 11.6 Å². The van der Waals surface area contributed by atoms with E-state index >= 15 is 0 Å². The molecule has 2 nitrogen and oxygen atoms in total. The van der Waals surface area contributed by atoms with Gasteiger partial charge in [0.1, 0.15) is 11.6 Å². The van der Waals surface area contributed by atoms with Crippen LogP contribution in [0.1, 0.15) is 51.4 Å². The van der Waals surface area contributed by atoms with E-state index in [1.165, 1.54) is 0 Å². The largest absolute Gasteiger partial charge is 0.323 e. The van der Waals surface area contributed by atoms with Gasteiger partial charge in [0.05, 0.1) is 20.9 Å². The van der Waals surface area contributed by atoms with Crippen LogP contribution in [0, 0.1) is 11.7 Å². The second-order valence-corrected chi connectivity index (χ2v) is 6.94. The maximum absolute atomic E-state index is 13.9. The zero-order valence-electron chi connectivity index (χ0n) is 12.1. The fourth-order valence-electron chi connectivity index (χ4n) is 2.69. The van der Waals surface area contributed by atoms with Crippen LogP contribution in [0.5, 0.6) is 0 Å². The molecule has 0 radical (unpaired) electrons. The first kappa shape index (κ1) is 15.8. The normalized spacial score (nSPS) is 15.0. The molecule has 0 saturated heterocycles. The molecule has 2 rings (SSSR count). The van der Waals surface area contributed by atoms with Crippen LogP contribution in [0.15, 0.2) is 16.6 Å². The van der Waals surface area contributed by atoms with E-state index in [0.29, 0.717) is 10.4 Å². The van der Waals surface area contributed by atoms with Gasteiger partial charge in [-0.15, -0.1) is 11.6 Å². The number of fused-ring (bicyclic) bond motifs is 1. The number of nitrogens with zero attached hydrogens (tertiary/aromatic N) is 2. The highest BCUT2D eigenvalue weighted by molar-refractivity contribution is 9.10. The van der Waals surface area contributed by atoms with Crippen LogP contribution in [0.2, 0.25) is 0 Å². The molecule has 0 N–H and O–H groups in total. The molecule has 0 aliphatic heterocycles. The maximum atomic E-state index is 13.9. The van der Waals surface area contributed by atoms with E-state index in [2.05, 4.69) is 46.3 Å². The lowest BCUT2D eigenvalue weighted by molar-refractivity contribution is 0.364. The summed E-state index contributed by atoms with van der Waals surface area (Å²) in [5.41, 5.74) is 1.59. The average molecular weight is 362 g/mol. The fourth-order valence-corrected chi connectivity index (χ4v) is 3.18. The lowest BCUT2D eigenvalue weighted by Crippen LogP contribution is -2.17. The molecule has 1 heterocycles. The van der Waals surface area contributed by atoms with E-state index in [1.54, 1.807) is 12.1 Å². The first-order valence-electron chi connectivity index (χ1n) is 6.87. The van der Waals surface area contributed by atoms with Crippen LogP contribution in [0.4, 0.5) is 4.39 Å². The molecule has 5 heteroatoms. The number of alkyl halides is 1. The summed E-state index contributed by atoms with van der Waals surface area (Å²) in [5, 5.41) is -0.211. The molecule has 2 aromatic rings. The summed E-state index contributed by atoms with van der Waals surface area (Å²) in [7, 11) is 0. The third kappa shape index (κ3) is 2.73. The summed E-state index contributed by atoms with van der Waals surface area (Å²) >= 11 is 9.49. The van der Waals surface area contributed by atoms with Crippen molar-refractivity contribution in [3.8, 4) is 0 Å². The number of hydrogen-bond acceptors (Lipinski definition) is 1. The van der Waals surface area contributed by atoms with Crippen LogP contribution >= 0.6 is 27.5 Å². The smallest absolute Gasteiger partial charge is 0.139 e. The van der Waals surface area contributed by atoms with Crippen molar-refractivity contribution in [2.45, 2.75) is 45.5 Å². The van der Waals surface area contributed by atoms with Gasteiger partial charge in [-0.3, -0.25) is 0 Å². The van der Waals surface area contributed by atoms with Crippen molar-refractivity contribution in [1.82, 2.24) is 9.55 Å². The van der Waals surface area contributed by atoms with Crippen LogP contribution in [-0.2, 0) is 0 Å². The van der Waals surface area contributed by atoms with Gasteiger partial charge in [-0.1, -0.05) is 20.8 Å². The number of rotatable bonds is 4. The van der Waals surface area contributed by atoms with Gasteiger partial charge in [-0.2, -0.15) is 0 Å². The Bertz CT molecular complexity index is 622. The van der Waals surface area contributed by atoms with Gasteiger partial charge in [0, 0.05) is 12.1 Å². The molecule has 110 valence electrons. The molecule has 0 spiro atoms. The Balaban J connectivity index is 2.77. The van der Waals surface area contributed by atoms with Gasteiger partial charge in [0.2, 0.25) is 0 Å². The van der Waals surface area contributed by atoms with Crippen LogP contribution in [0.25, 0.3) is 11.0 Å². The molecule has 0 fully saturated rings. The van der Waals surface area contributed by atoms with Crippen molar-refractivity contribution >= 4 is 38.6 Å². The number of aromatic nitrogens is 2. The fraction of sp³-hybridized carbons (Fsp3) is 0.533. The highest BCUT2D eigenvalue weighted by atomic mass is 79.9. The lowest BCUT2D eigenvalue weighted by atomic mass is 10.0. The van der Waals surface area contributed by atoms with Gasteiger partial charge in [-0.25, -0.2) is 9.37 Å². The first-order chi connectivity index (χ1) is 9.36. The highest BCUT2D eigenvalue weighted by Crippen LogP contribution is 2.34. The molecule has 1 aromatic carbocycles. The number of hydrogen-bond donors (Lipinski definition) is 0. The standard InChI is InChI=1S/C15H19BrClFN2/c1-5-13(8(2)3)20-14-7-11(18)10(16)6-12(14)19-15(20)9(4)17/h6-9,13H,5H2,1-4H3. The summed E-state index contributed by atoms with van der Waals surface area (Å²) in [6, 6.07) is 3.52. The third-order valence-corrected chi connectivity index (χ3v) is 4.44. The molecule has 0 aliphatic carbocycles. The molecule has 2 atom stereocenters. The van der Waals surface area contributed by atoms with Crippen LogP contribution < -0.4 is 0 Å². The molecular formula is C15H19BrClFN2. The van der Waals surface area contributed by atoms with Gasteiger partial charge in [0.15, 0.2) is 0 Å². The molecule has 0 saturated carbocycles. The quantitative estimate of drug-likeness (QED) is 0.625. The topological polar surface area (TPSA) is 17.8 Å². The molecule has 0 amide bonds. The Labute approximate surface area is 132 Å². The Morgan fingerprint density at radius 1 is 1.35 bits per heavy atom. The molecular weight excluding hydrogens is 343 g/mol. The van der Waals surface area contributed by atoms with Crippen molar-refractivity contribution < 1.29 is 4.39 Å². The predicted octanol–water partition coefficient (Wildman–Crippen LogP) is 5.84. The summed E-state index contributed by atoms with van der Waals surface area (Å²) < 4.78 is 16.4. The molecule has 2 unspecified atom stereocenters. The van der Waals surface area contributed by atoms with Gasteiger partial charge < -0.3 is 4.57 Å². The number of benzene rings is 1. The summed E-state index contributed by atoms with van der Waals surface area (Å²) in [5.74, 6) is 0.962. The van der Waals surface area contributed by atoms with Crippen molar-refractivity contribution in [2.75, 3.05) is 0 Å². The second-order valence-electron chi connectivity index (χ2n) is 5.43. The summed E-state index contributed by atoms with van der Waals surface area (Å²) in [6.07, 6.45) is 0.956. The molecule has 0 bridgehead atoms. The Morgan fingerprint density at radius 2 is 2.00 bits per heavy atom. The minimum atomic E-state index is -0.272. The van der Waals surface area contributed by atoms with E-state index in [1.807, 2.05) is 6.92 Å². The number of halogens is 3. The lowest BCUT2D eigenvalue weighted by Gasteiger charge is -2.24. The van der Waals surface area contributed by atoms with Gasteiger partial charge >= 0.3 is 0 Å². The van der Waals surface area contributed by atoms with E-state index in [-0.39, 0.29) is 17.2 Å². The first-order valence-corrected chi connectivity index (χ1v) is 8.10. The van der Waals surface area contributed by atoms with Crippen molar-refractivity contribution in [3.63, 3.8) is 0 Å². The third-order valence-electron chi connectivity index (χ3n) is 3.63. The zero-order valence-corrected chi connectivity index (χ0v) is 14.5. The summed E-state index contributed by atoms with van der Waals surface area (Å²) in [6.45, 7) is 8.36. The van der Waals surface area contributed by atoms with Crippen molar-refractivity contribution in [2.24, 2.45) is 5.92 Å². The minimum Gasteiger partial charge on any atom is -0.323 e. The summed E-state index contributed by atoms with van der Waals surface area (Å²) in [4.78, 5) is 4.60. The van der Waals surface area contributed by atoms with Gasteiger partial charge in [-0.05, 0) is 41.3 Å². The maximum Gasteiger partial charge on any atom is 0.139 e. The molecule has 0 aliphatic rings. The van der Waals surface area contributed by atoms with Crippen LogP contribution in [-0.4, -0.2) is 9.55 Å². The Kier molecular flexibility index (Phi) is 4.75. The SMILES string of the molecule is CCC(C(C)C)n1c(C(C)Cl)nc2cc(Br)c(F)cc21. The van der Waals surface area contributed by atoms with Crippen LogP contribution in [0.3, 0.4) is 0 Å². The second kappa shape index (κ2) is 6.02. The minimum absolute atomic E-state index is 0.211. The Morgan fingerprint density at radius 3 is 2.50 bits per heavy atom.